The highest BCUT2D eigenvalue weighted by Crippen LogP contribution is 2.19. The van der Waals surface area contributed by atoms with Crippen LogP contribution in [-0.4, -0.2) is 34.5 Å². The third kappa shape index (κ3) is 16.7. The van der Waals surface area contributed by atoms with Crippen molar-refractivity contribution < 1.29 is 14.3 Å². The molecule has 1 rings (SSSR count). The normalized spacial score (nSPS) is 16.6. The van der Waals surface area contributed by atoms with Crippen LogP contribution in [0.4, 0.5) is 0 Å². The molecule has 1 aliphatic heterocycles. The first kappa shape index (κ1) is 30.6. The molecule has 0 saturated carbocycles. The summed E-state index contributed by atoms with van der Waals surface area (Å²) in [6.45, 7) is 4.90. The lowest BCUT2D eigenvalue weighted by Crippen LogP contribution is -2.35. The van der Waals surface area contributed by atoms with Crippen LogP contribution in [0.3, 0.4) is 0 Å². The van der Waals surface area contributed by atoms with Gasteiger partial charge >= 0.3 is 11.9 Å². The summed E-state index contributed by atoms with van der Waals surface area (Å²) < 4.78 is 5.99. The zero-order valence-electron chi connectivity index (χ0n) is 21.3. The van der Waals surface area contributed by atoms with E-state index in [0.29, 0.717) is 5.75 Å². The van der Waals surface area contributed by atoms with Gasteiger partial charge in [0.2, 0.25) is 0 Å². The van der Waals surface area contributed by atoms with Crippen molar-refractivity contribution in [2.45, 2.75) is 135 Å². The minimum Gasteiger partial charge on any atom is -0.392 e. The highest BCUT2D eigenvalue weighted by Gasteiger charge is 2.27. The molecular weight excluding hydrogens is 450 g/mol. The number of ether oxygens (including phenoxy) is 1. The lowest BCUT2D eigenvalue weighted by Gasteiger charge is -2.13. The van der Waals surface area contributed by atoms with Gasteiger partial charge < -0.3 is 10.1 Å². The molecule has 6 heteroatoms. The minimum absolute atomic E-state index is 0.319. The molecule has 0 aromatic heterocycles. The molecule has 0 aromatic carbocycles. The molecule has 0 amide bonds. The molecule has 1 N–H and O–H groups in total. The lowest BCUT2D eigenvalue weighted by molar-refractivity contribution is -0.163. The first-order chi connectivity index (χ1) is 16.0. The average molecular weight is 500 g/mol. The van der Waals surface area contributed by atoms with Gasteiger partial charge in [0.05, 0.1) is 5.92 Å². The first-order valence-corrected chi connectivity index (χ1v) is 15.1. The van der Waals surface area contributed by atoms with Gasteiger partial charge in [-0.05, 0) is 32.2 Å². The topological polar surface area (TPSA) is 55.4 Å². The maximum Gasteiger partial charge on any atom is 0.330 e. The molecule has 1 unspecified atom stereocenters. The number of carbonyl (C=O) groups excluding carboxylic acids is 2. The van der Waals surface area contributed by atoms with Crippen LogP contribution >= 0.6 is 24.0 Å². The van der Waals surface area contributed by atoms with Gasteiger partial charge in [-0.2, -0.15) is 0 Å². The molecule has 2 atom stereocenters. The van der Waals surface area contributed by atoms with Gasteiger partial charge in [0.15, 0.2) is 0 Å². The Morgan fingerprint density at radius 2 is 1.42 bits per heavy atom. The summed E-state index contributed by atoms with van der Waals surface area (Å²) in [6.07, 6.45) is 23.1. The second-order valence-corrected chi connectivity index (χ2v) is 11.5. The Morgan fingerprint density at radius 1 is 0.909 bits per heavy atom. The van der Waals surface area contributed by atoms with Crippen molar-refractivity contribution in [3.63, 3.8) is 0 Å². The Hall–Kier alpha value is -0.460. The summed E-state index contributed by atoms with van der Waals surface area (Å²) in [4.78, 5) is 24.0. The van der Waals surface area contributed by atoms with Crippen molar-refractivity contribution >= 4 is 40.1 Å². The average Bonchev–Trinajstić information content (AvgIpc) is 3.35. The number of thiocarbonyl (C=S) groups is 1. The molecule has 4 nitrogen and oxygen atoms in total. The quantitative estimate of drug-likeness (QED) is 0.0799. The molecule has 0 radical (unpaired) electrons. The van der Waals surface area contributed by atoms with Gasteiger partial charge in [0.1, 0.15) is 6.04 Å². The predicted molar refractivity (Wildman–Crippen MR) is 146 cm³/mol. The Labute approximate surface area is 213 Å². The van der Waals surface area contributed by atoms with Crippen LogP contribution in [0.1, 0.15) is 129 Å². The Morgan fingerprint density at radius 3 is 1.91 bits per heavy atom. The highest BCUT2D eigenvalue weighted by molar-refractivity contribution is 8.23. The van der Waals surface area contributed by atoms with E-state index in [1.165, 1.54) is 89.9 Å². The Kier molecular flexibility index (Phi) is 19.3. The summed E-state index contributed by atoms with van der Waals surface area (Å²) in [5.74, 6) is -0.605. The van der Waals surface area contributed by atoms with E-state index in [1.807, 2.05) is 0 Å². The van der Waals surface area contributed by atoms with E-state index in [1.54, 1.807) is 18.7 Å². The van der Waals surface area contributed by atoms with Gasteiger partial charge in [0.25, 0.3) is 0 Å². The SMILES string of the molecule is CCCCCCCCCCCCCCCCCC(=S)SCC(C)C(=O)OC(=O)[C@@H]1CCCN1. The number of esters is 2. The van der Waals surface area contributed by atoms with E-state index in [9.17, 15) is 9.59 Å². The number of carbonyl (C=O) groups is 2. The maximum absolute atomic E-state index is 12.1. The van der Waals surface area contributed by atoms with Gasteiger partial charge in [0, 0.05) is 9.95 Å². The van der Waals surface area contributed by atoms with Gasteiger partial charge in [-0.15, -0.1) is 11.8 Å². The standard InChI is InChI=1S/C27H49NO3S2/c1-3-4-5-6-7-8-9-10-11-12-13-14-15-16-17-20-25(32)33-22-23(2)26(29)31-27(30)24-19-18-21-28-24/h23-24,28H,3-22H2,1-2H3/t23?,24-/m0/s1. The van der Waals surface area contributed by atoms with Gasteiger partial charge in [-0.1, -0.05) is 116 Å². The number of hydrogen-bond acceptors (Lipinski definition) is 6. The minimum atomic E-state index is -0.435. The van der Waals surface area contributed by atoms with E-state index in [4.69, 9.17) is 17.0 Å². The molecule has 1 fully saturated rings. The second kappa shape index (κ2) is 20.9. The summed E-state index contributed by atoms with van der Waals surface area (Å²) in [7, 11) is 0. The molecular formula is C27H49NO3S2. The van der Waals surface area contributed by atoms with Crippen LogP contribution in [0.15, 0.2) is 0 Å². The fourth-order valence-electron chi connectivity index (χ4n) is 4.16. The van der Waals surface area contributed by atoms with Gasteiger partial charge in [-0.25, -0.2) is 4.79 Å². The summed E-state index contributed by atoms with van der Waals surface area (Å²) in [6, 6.07) is -0.319. The highest BCUT2D eigenvalue weighted by atomic mass is 32.2. The maximum atomic E-state index is 12.1. The van der Waals surface area contributed by atoms with Crippen molar-refractivity contribution in [2.24, 2.45) is 5.92 Å². The third-order valence-corrected chi connectivity index (χ3v) is 8.18. The van der Waals surface area contributed by atoms with Crippen molar-refractivity contribution in [3.05, 3.63) is 0 Å². The first-order valence-electron chi connectivity index (χ1n) is 13.7. The third-order valence-electron chi connectivity index (χ3n) is 6.43. The van der Waals surface area contributed by atoms with Crippen molar-refractivity contribution in [1.29, 1.82) is 0 Å². The zero-order chi connectivity index (χ0) is 24.2. The number of rotatable bonds is 20. The summed E-state index contributed by atoms with van der Waals surface area (Å²) >= 11 is 7.03. The van der Waals surface area contributed by atoms with E-state index in [0.717, 1.165) is 36.4 Å². The molecule has 192 valence electrons. The van der Waals surface area contributed by atoms with Crippen LogP contribution in [0.25, 0.3) is 0 Å². The molecule has 0 bridgehead atoms. The summed E-state index contributed by atoms with van der Waals surface area (Å²) in [5.41, 5.74) is 0. The van der Waals surface area contributed by atoms with Gasteiger partial charge in [-0.3, -0.25) is 4.79 Å². The van der Waals surface area contributed by atoms with Crippen LogP contribution < -0.4 is 5.32 Å². The molecule has 33 heavy (non-hydrogen) atoms. The van der Waals surface area contributed by atoms with Crippen LogP contribution in [0.5, 0.6) is 0 Å². The number of hydrogen-bond donors (Lipinski definition) is 1. The largest absolute Gasteiger partial charge is 0.392 e. The summed E-state index contributed by atoms with van der Waals surface area (Å²) in [5, 5.41) is 3.06. The predicted octanol–water partition coefficient (Wildman–Crippen LogP) is 7.77. The molecule has 1 saturated heterocycles. The van der Waals surface area contributed by atoms with E-state index in [-0.39, 0.29) is 12.0 Å². The molecule has 0 aromatic rings. The van der Waals surface area contributed by atoms with Crippen molar-refractivity contribution in [3.8, 4) is 0 Å². The fourth-order valence-corrected chi connectivity index (χ4v) is 5.36. The lowest BCUT2D eigenvalue weighted by atomic mass is 10.0. The van der Waals surface area contributed by atoms with Crippen LogP contribution in [0, 0.1) is 5.92 Å². The number of unbranched alkanes of at least 4 members (excludes halogenated alkanes) is 14. The van der Waals surface area contributed by atoms with Crippen LogP contribution in [-0.2, 0) is 14.3 Å². The molecule has 0 aliphatic carbocycles. The van der Waals surface area contributed by atoms with Crippen molar-refractivity contribution in [1.82, 2.24) is 5.32 Å². The smallest absolute Gasteiger partial charge is 0.330 e. The molecule has 1 heterocycles. The molecule has 1 aliphatic rings. The van der Waals surface area contributed by atoms with Crippen LogP contribution in [0.2, 0.25) is 0 Å². The fraction of sp³-hybridized carbons (Fsp3) is 0.889. The molecule has 0 spiro atoms. The van der Waals surface area contributed by atoms with E-state index in [2.05, 4.69) is 12.2 Å². The number of nitrogens with one attached hydrogen (secondary N) is 1. The van der Waals surface area contributed by atoms with Crippen molar-refractivity contribution in [2.75, 3.05) is 12.3 Å². The Balaban J connectivity index is 1.87. The number of thioether (sulfide) groups is 1. The second-order valence-electron chi connectivity index (χ2n) is 9.67. The van der Waals surface area contributed by atoms with E-state index >= 15 is 0 Å². The zero-order valence-corrected chi connectivity index (χ0v) is 23.0. The Bertz CT molecular complexity index is 535. The van der Waals surface area contributed by atoms with E-state index < -0.39 is 11.9 Å². The monoisotopic (exact) mass is 499 g/mol.